The lowest BCUT2D eigenvalue weighted by Crippen LogP contribution is -2.22. The number of rotatable bonds is 8. The first kappa shape index (κ1) is 25.9. The number of pyridine rings is 1. The number of benzene rings is 1. The Kier molecular flexibility index (Phi) is 7.59. The normalized spacial score (nSPS) is 11.5. The fourth-order valence-electron chi connectivity index (χ4n) is 3.35. The number of ether oxygens (including phenoxy) is 1. The number of aromatic nitrogens is 3. The number of halogens is 3. The van der Waals surface area contributed by atoms with Gasteiger partial charge in [-0.25, -0.2) is 19.3 Å². The Labute approximate surface area is 200 Å². The summed E-state index contributed by atoms with van der Waals surface area (Å²) in [5.74, 6) is -1.23. The van der Waals surface area contributed by atoms with E-state index in [1.807, 2.05) is 0 Å². The molecule has 0 atom stereocenters. The van der Waals surface area contributed by atoms with E-state index in [1.54, 1.807) is 26.0 Å². The van der Waals surface area contributed by atoms with Gasteiger partial charge in [-0.2, -0.15) is 8.78 Å². The third-order valence-corrected chi connectivity index (χ3v) is 5.11. The molecule has 0 spiro atoms. The van der Waals surface area contributed by atoms with Gasteiger partial charge in [-0.05, 0) is 39.8 Å². The van der Waals surface area contributed by atoms with E-state index in [2.05, 4.69) is 30.3 Å². The highest BCUT2D eigenvalue weighted by atomic mass is 19.3. The molecule has 1 amide bonds. The first-order chi connectivity index (χ1) is 16.4. The smallest absolute Gasteiger partial charge is 0.387 e. The van der Waals surface area contributed by atoms with Crippen molar-refractivity contribution < 1.29 is 27.8 Å². The van der Waals surface area contributed by atoms with E-state index in [0.717, 1.165) is 11.6 Å². The van der Waals surface area contributed by atoms with Gasteiger partial charge in [-0.1, -0.05) is 17.7 Å². The number of aliphatic hydroxyl groups is 1. The molecule has 186 valence electrons. The SMILES string of the molecule is CNC(=O)c1cc(F)c(-c2cnc(C(C)(C)O)nc2C)nc1NCc1cc(C)ccc1OC(F)F. The van der Waals surface area contributed by atoms with E-state index in [9.17, 15) is 18.7 Å². The second-order valence-corrected chi connectivity index (χ2v) is 8.39. The molecule has 0 saturated carbocycles. The lowest BCUT2D eigenvalue weighted by atomic mass is 10.1. The minimum absolute atomic E-state index is 0.0243. The van der Waals surface area contributed by atoms with Gasteiger partial charge in [0, 0.05) is 30.9 Å². The van der Waals surface area contributed by atoms with E-state index < -0.39 is 23.9 Å². The van der Waals surface area contributed by atoms with Crippen LogP contribution in [0.2, 0.25) is 0 Å². The summed E-state index contributed by atoms with van der Waals surface area (Å²) < 4.78 is 45.3. The fraction of sp³-hybridized carbons (Fsp3) is 0.333. The Hall–Kier alpha value is -3.73. The van der Waals surface area contributed by atoms with Crippen LogP contribution in [0.5, 0.6) is 5.75 Å². The van der Waals surface area contributed by atoms with Crippen LogP contribution in [0.4, 0.5) is 19.0 Å². The molecule has 0 fully saturated rings. The van der Waals surface area contributed by atoms with Crippen LogP contribution in [-0.2, 0) is 12.1 Å². The molecule has 3 aromatic rings. The molecule has 0 unspecified atom stereocenters. The summed E-state index contributed by atoms with van der Waals surface area (Å²) in [6.45, 7) is 3.42. The summed E-state index contributed by atoms with van der Waals surface area (Å²) in [7, 11) is 1.39. The Bertz CT molecular complexity index is 1250. The van der Waals surface area contributed by atoms with Crippen molar-refractivity contribution in [3.05, 3.63) is 64.5 Å². The van der Waals surface area contributed by atoms with Crippen LogP contribution >= 0.6 is 0 Å². The van der Waals surface area contributed by atoms with E-state index in [0.29, 0.717) is 11.3 Å². The van der Waals surface area contributed by atoms with Gasteiger partial charge < -0.3 is 20.5 Å². The highest BCUT2D eigenvalue weighted by molar-refractivity contribution is 5.99. The number of aryl methyl sites for hydroxylation is 2. The molecule has 11 heteroatoms. The van der Waals surface area contributed by atoms with Crippen molar-refractivity contribution in [2.45, 2.75) is 46.5 Å². The van der Waals surface area contributed by atoms with Gasteiger partial charge in [0.05, 0.1) is 11.3 Å². The summed E-state index contributed by atoms with van der Waals surface area (Å²) in [6.07, 6.45) is 1.35. The number of anilines is 1. The molecule has 0 aliphatic heterocycles. The number of nitrogens with zero attached hydrogens (tertiary/aromatic N) is 3. The number of amides is 1. The predicted octanol–water partition coefficient (Wildman–Crippen LogP) is 4.10. The Morgan fingerprint density at radius 3 is 2.51 bits per heavy atom. The number of carbonyl (C=O) groups excluding carboxylic acids is 1. The van der Waals surface area contributed by atoms with Gasteiger partial charge in [-0.3, -0.25) is 4.79 Å². The van der Waals surface area contributed by atoms with Crippen molar-refractivity contribution in [3.8, 4) is 17.0 Å². The maximum absolute atomic E-state index is 15.1. The first-order valence-electron chi connectivity index (χ1n) is 10.7. The van der Waals surface area contributed by atoms with Crippen molar-refractivity contribution in [1.82, 2.24) is 20.3 Å². The predicted molar refractivity (Wildman–Crippen MR) is 124 cm³/mol. The third kappa shape index (κ3) is 6.04. The van der Waals surface area contributed by atoms with Crippen molar-refractivity contribution >= 4 is 11.7 Å². The number of nitrogens with one attached hydrogen (secondary N) is 2. The topological polar surface area (TPSA) is 109 Å². The van der Waals surface area contributed by atoms with E-state index in [1.165, 1.54) is 33.2 Å². The number of hydrogen-bond acceptors (Lipinski definition) is 7. The Morgan fingerprint density at radius 1 is 1.20 bits per heavy atom. The molecule has 3 rings (SSSR count). The zero-order valence-corrected chi connectivity index (χ0v) is 19.9. The van der Waals surface area contributed by atoms with Gasteiger partial charge in [0.25, 0.3) is 5.91 Å². The second-order valence-electron chi connectivity index (χ2n) is 8.39. The van der Waals surface area contributed by atoms with Gasteiger partial charge >= 0.3 is 6.61 Å². The van der Waals surface area contributed by atoms with Crippen LogP contribution in [0.25, 0.3) is 11.3 Å². The van der Waals surface area contributed by atoms with E-state index in [-0.39, 0.29) is 40.8 Å². The third-order valence-electron chi connectivity index (χ3n) is 5.11. The number of alkyl halides is 2. The van der Waals surface area contributed by atoms with Gasteiger partial charge in [0.1, 0.15) is 22.9 Å². The molecular weight excluding hydrogens is 463 g/mol. The minimum atomic E-state index is -3.01. The molecule has 0 aliphatic rings. The highest BCUT2D eigenvalue weighted by Crippen LogP contribution is 2.29. The summed E-state index contributed by atoms with van der Waals surface area (Å²) in [5, 5.41) is 15.5. The fourth-order valence-corrected chi connectivity index (χ4v) is 3.35. The van der Waals surface area contributed by atoms with Crippen LogP contribution in [0, 0.1) is 19.7 Å². The van der Waals surface area contributed by atoms with Crippen molar-refractivity contribution in [1.29, 1.82) is 0 Å². The van der Waals surface area contributed by atoms with Crippen LogP contribution in [-0.4, -0.2) is 39.6 Å². The van der Waals surface area contributed by atoms with Crippen LogP contribution < -0.4 is 15.4 Å². The van der Waals surface area contributed by atoms with E-state index in [4.69, 9.17) is 0 Å². The van der Waals surface area contributed by atoms with Gasteiger partial charge in [-0.15, -0.1) is 0 Å². The Balaban J connectivity index is 2.04. The Morgan fingerprint density at radius 2 is 1.91 bits per heavy atom. The number of carbonyl (C=O) groups is 1. The van der Waals surface area contributed by atoms with Crippen LogP contribution in [0.15, 0.2) is 30.5 Å². The second kappa shape index (κ2) is 10.3. The summed E-state index contributed by atoms with van der Waals surface area (Å²) in [5.41, 5.74) is 0.347. The maximum atomic E-state index is 15.1. The maximum Gasteiger partial charge on any atom is 0.387 e. The molecular formula is C24H26F3N5O3. The summed E-state index contributed by atoms with van der Waals surface area (Å²) in [4.78, 5) is 25.1. The molecule has 0 aliphatic carbocycles. The number of hydrogen-bond donors (Lipinski definition) is 3. The van der Waals surface area contributed by atoms with Crippen LogP contribution in [0.3, 0.4) is 0 Å². The minimum Gasteiger partial charge on any atom is -0.434 e. The molecule has 0 saturated heterocycles. The molecule has 35 heavy (non-hydrogen) atoms. The molecule has 0 bridgehead atoms. The van der Waals surface area contributed by atoms with E-state index >= 15 is 4.39 Å². The quantitative estimate of drug-likeness (QED) is 0.437. The molecule has 3 N–H and O–H groups in total. The standard InChI is InChI=1S/C24H26F3N5O3/c1-12-6-7-18(35-23(26)27)14(8-12)10-29-20-15(21(33)28-5)9-17(25)19(32-20)16-11-30-22(24(3,4)34)31-13(16)2/h6-9,11,23,34H,10H2,1-5H3,(H,28,33)(H,29,32). The molecule has 2 aromatic heterocycles. The molecule has 1 aromatic carbocycles. The molecule has 8 nitrogen and oxygen atoms in total. The average Bonchev–Trinajstić information content (AvgIpc) is 2.78. The summed E-state index contributed by atoms with van der Waals surface area (Å²) in [6, 6.07) is 5.74. The molecule has 2 heterocycles. The van der Waals surface area contributed by atoms with Gasteiger partial charge in [0.15, 0.2) is 11.6 Å². The zero-order chi connectivity index (χ0) is 25.9. The lowest BCUT2D eigenvalue weighted by Gasteiger charge is -2.18. The zero-order valence-electron chi connectivity index (χ0n) is 19.9. The first-order valence-corrected chi connectivity index (χ1v) is 10.7. The lowest BCUT2D eigenvalue weighted by molar-refractivity contribution is -0.0504. The van der Waals surface area contributed by atoms with Crippen molar-refractivity contribution in [2.75, 3.05) is 12.4 Å². The largest absolute Gasteiger partial charge is 0.434 e. The summed E-state index contributed by atoms with van der Waals surface area (Å²) >= 11 is 0. The average molecular weight is 489 g/mol. The van der Waals surface area contributed by atoms with Gasteiger partial charge in [0.2, 0.25) is 0 Å². The van der Waals surface area contributed by atoms with Crippen molar-refractivity contribution in [3.63, 3.8) is 0 Å². The molecule has 0 radical (unpaired) electrons. The highest BCUT2D eigenvalue weighted by Gasteiger charge is 2.24. The van der Waals surface area contributed by atoms with Crippen molar-refractivity contribution in [2.24, 2.45) is 0 Å². The monoisotopic (exact) mass is 489 g/mol. The van der Waals surface area contributed by atoms with Crippen LogP contribution in [0.1, 0.15) is 46.9 Å².